The zero-order chi connectivity index (χ0) is 31.7. The van der Waals surface area contributed by atoms with Gasteiger partial charge in [0.15, 0.2) is 0 Å². The highest BCUT2D eigenvalue weighted by Crippen LogP contribution is 2.36. The molecule has 0 aliphatic rings. The molecule has 45 heavy (non-hydrogen) atoms. The molecule has 3 heterocycles. The van der Waals surface area contributed by atoms with Crippen LogP contribution in [0.2, 0.25) is 0 Å². The van der Waals surface area contributed by atoms with Crippen molar-refractivity contribution in [2.24, 2.45) is 0 Å². The van der Waals surface area contributed by atoms with Crippen LogP contribution in [0.3, 0.4) is 0 Å². The lowest BCUT2D eigenvalue weighted by molar-refractivity contribution is 0.308. The first-order chi connectivity index (χ1) is 21.7. The minimum absolute atomic E-state index is 0.0320. The third-order valence-electron chi connectivity index (χ3n) is 7.76. The van der Waals surface area contributed by atoms with Crippen molar-refractivity contribution in [1.82, 2.24) is 18.7 Å². The van der Waals surface area contributed by atoms with E-state index in [-0.39, 0.29) is 24.5 Å². The van der Waals surface area contributed by atoms with E-state index in [0.29, 0.717) is 47.0 Å². The zero-order valence-corrected chi connectivity index (χ0v) is 25.8. The van der Waals surface area contributed by atoms with Crippen molar-refractivity contribution in [2.75, 3.05) is 27.1 Å². The SMILES string of the molecule is COc1ccc(Cn2c(C#N)c(-c3cn(CCCOS(C)(=O)=O)c4ccccc34)n(-c3c[nH]c4ccccc34)c2=O)c(OC)c1. The number of aromatic nitrogens is 4. The van der Waals surface area contributed by atoms with Crippen LogP contribution < -0.4 is 15.2 Å². The van der Waals surface area contributed by atoms with Gasteiger partial charge in [-0.05, 0) is 30.7 Å². The van der Waals surface area contributed by atoms with Crippen LogP contribution >= 0.6 is 0 Å². The number of rotatable bonds is 11. The van der Waals surface area contributed by atoms with Crippen LogP contribution in [0.1, 0.15) is 17.7 Å². The Morgan fingerprint density at radius 2 is 1.73 bits per heavy atom. The monoisotopic (exact) mass is 625 g/mol. The van der Waals surface area contributed by atoms with Crippen LogP contribution in [0.25, 0.3) is 38.8 Å². The van der Waals surface area contributed by atoms with Gasteiger partial charge in [-0.3, -0.25) is 13.3 Å². The second kappa shape index (κ2) is 12.0. The molecule has 230 valence electrons. The Morgan fingerprint density at radius 3 is 2.47 bits per heavy atom. The summed E-state index contributed by atoms with van der Waals surface area (Å²) in [6.45, 7) is 0.571. The number of methoxy groups -OCH3 is 2. The number of hydrogen-bond donors (Lipinski definition) is 1. The lowest BCUT2D eigenvalue weighted by Gasteiger charge is -2.11. The van der Waals surface area contributed by atoms with Gasteiger partial charge in [0.25, 0.3) is 10.1 Å². The van der Waals surface area contributed by atoms with Gasteiger partial charge in [-0.2, -0.15) is 13.7 Å². The number of para-hydroxylation sites is 2. The number of hydrogen-bond acceptors (Lipinski definition) is 7. The number of ether oxygens (including phenoxy) is 2. The van der Waals surface area contributed by atoms with Crippen molar-refractivity contribution in [3.8, 4) is 34.5 Å². The number of fused-ring (bicyclic) bond motifs is 2. The first-order valence-corrected chi connectivity index (χ1v) is 16.0. The molecule has 0 radical (unpaired) electrons. The topological polar surface area (TPSA) is 133 Å². The number of nitriles is 1. The molecule has 11 nitrogen and oxygen atoms in total. The molecule has 0 amide bonds. The molecule has 0 spiro atoms. The summed E-state index contributed by atoms with van der Waals surface area (Å²) in [5.41, 5.74) is 3.97. The summed E-state index contributed by atoms with van der Waals surface area (Å²) in [7, 11) is -0.447. The summed E-state index contributed by atoms with van der Waals surface area (Å²) < 4.78 is 43.9. The van der Waals surface area contributed by atoms with E-state index in [1.807, 2.05) is 65.4 Å². The molecular weight excluding hydrogens is 594 g/mol. The smallest absolute Gasteiger partial charge is 0.334 e. The maximum absolute atomic E-state index is 14.5. The summed E-state index contributed by atoms with van der Waals surface area (Å²) in [5.74, 6) is 1.13. The molecule has 0 saturated heterocycles. The maximum atomic E-state index is 14.5. The molecule has 0 aliphatic heterocycles. The predicted molar refractivity (Wildman–Crippen MR) is 172 cm³/mol. The van der Waals surface area contributed by atoms with E-state index >= 15 is 0 Å². The zero-order valence-electron chi connectivity index (χ0n) is 25.0. The molecular formula is C33H31N5O6S. The van der Waals surface area contributed by atoms with Gasteiger partial charge in [-0.1, -0.05) is 36.4 Å². The lowest BCUT2D eigenvalue weighted by Crippen LogP contribution is -2.24. The molecule has 0 fully saturated rings. The van der Waals surface area contributed by atoms with Crippen molar-refractivity contribution in [3.05, 3.63) is 101 Å². The number of aromatic amines is 1. The van der Waals surface area contributed by atoms with Crippen molar-refractivity contribution in [3.63, 3.8) is 0 Å². The van der Waals surface area contributed by atoms with Gasteiger partial charge in [-0.15, -0.1) is 0 Å². The van der Waals surface area contributed by atoms with Crippen LogP contribution in [0.15, 0.2) is 83.9 Å². The van der Waals surface area contributed by atoms with Gasteiger partial charge in [-0.25, -0.2) is 4.79 Å². The predicted octanol–water partition coefficient (Wildman–Crippen LogP) is 5.05. The van der Waals surface area contributed by atoms with Crippen LogP contribution in [0.5, 0.6) is 11.5 Å². The van der Waals surface area contributed by atoms with E-state index in [2.05, 4.69) is 11.1 Å². The summed E-state index contributed by atoms with van der Waals surface area (Å²) >= 11 is 0. The highest BCUT2D eigenvalue weighted by molar-refractivity contribution is 7.85. The first-order valence-electron chi connectivity index (χ1n) is 14.2. The highest BCUT2D eigenvalue weighted by Gasteiger charge is 2.27. The largest absolute Gasteiger partial charge is 0.497 e. The van der Waals surface area contributed by atoms with Crippen LogP contribution in [0, 0.1) is 11.3 Å². The number of imidazole rings is 1. The minimum Gasteiger partial charge on any atom is -0.497 e. The average Bonchev–Trinajstić information content (AvgIpc) is 3.70. The van der Waals surface area contributed by atoms with Crippen LogP contribution in [0.4, 0.5) is 0 Å². The molecule has 0 aliphatic carbocycles. The maximum Gasteiger partial charge on any atom is 0.334 e. The van der Waals surface area contributed by atoms with Gasteiger partial charge < -0.3 is 19.0 Å². The number of benzene rings is 3. The Morgan fingerprint density at radius 1 is 0.978 bits per heavy atom. The minimum atomic E-state index is -3.56. The van der Waals surface area contributed by atoms with E-state index in [1.54, 1.807) is 37.1 Å². The van der Waals surface area contributed by atoms with Gasteiger partial charge in [0.1, 0.15) is 23.3 Å². The normalized spacial score (nSPS) is 11.7. The fourth-order valence-electron chi connectivity index (χ4n) is 5.74. The Kier molecular flexibility index (Phi) is 7.97. The quantitative estimate of drug-likeness (QED) is 0.157. The van der Waals surface area contributed by atoms with Gasteiger partial charge in [0, 0.05) is 57.9 Å². The van der Waals surface area contributed by atoms with E-state index in [9.17, 15) is 18.5 Å². The third-order valence-corrected chi connectivity index (χ3v) is 8.36. The fourth-order valence-corrected chi connectivity index (χ4v) is 6.16. The molecule has 3 aromatic heterocycles. The Bertz CT molecular complexity index is 2250. The summed E-state index contributed by atoms with van der Waals surface area (Å²) in [6, 6.07) is 23.1. The number of aryl methyl sites for hydroxylation is 1. The standard InChI is InChI=1S/C33H31N5O6S/c1-42-23-14-13-22(31(17-23)43-2)20-37-29(18-34)32(38(33(37)39)30-19-35-27-11-6-4-10-25(27)30)26-21-36(15-8-16-44-45(3,40)41)28-12-7-5-9-24(26)28/h4-7,9-14,17,19,21,35H,8,15-16,20H2,1-3H3. The van der Waals surface area contributed by atoms with Crippen molar-refractivity contribution in [1.29, 1.82) is 5.26 Å². The van der Waals surface area contributed by atoms with E-state index < -0.39 is 10.1 Å². The Balaban J connectivity index is 1.57. The fraction of sp³-hybridized carbons (Fsp3) is 0.212. The van der Waals surface area contributed by atoms with E-state index in [1.165, 1.54) is 4.57 Å². The molecule has 1 N–H and O–H groups in total. The molecule has 3 aromatic carbocycles. The molecule has 6 rings (SSSR count). The first kappa shape index (κ1) is 29.8. The molecule has 6 aromatic rings. The number of nitrogens with zero attached hydrogens (tertiary/aromatic N) is 4. The summed E-state index contributed by atoms with van der Waals surface area (Å²) in [5, 5.41) is 12.3. The summed E-state index contributed by atoms with van der Waals surface area (Å²) in [6.07, 6.45) is 5.14. The van der Waals surface area contributed by atoms with E-state index in [4.69, 9.17) is 13.7 Å². The van der Waals surface area contributed by atoms with E-state index in [0.717, 1.165) is 28.1 Å². The van der Waals surface area contributed by atoms with Crippen LogP contribution in [-0.4, -0.2) is 54.2 Å². The second-order valence-corrected chi connectivity index (χ2v) is 12.2. The molecule has 0 unspecified atom stereocenters. The average molecular weight is 626 g/mol. The highest BCUT2D eigenvalue weighted by atomic mass is 32.2. The molecule has 0 saturated carbocycles. The molecule has 12 heteroatoms. The second-order valence-electron chi connectivity index (χ2n) is 10.5. The van der Waals surface area contributed by atoms with Gasteiger partial charge in [0.05, 0.1) is 45.0 Å². The Labute approximate surface area is 259 Å². The third kappa shape index (κ3) is 5.59. The van der Waals surface area contributed by atoms with Crippen LogP contribution in [-0.2, 0) is 27.4 Å². The molecule has 0 atom stereocenters. The number of H-pyrrole nitrogens is 1. The van der Waals surface area contributed by atoms with Crippen molar-refractivity contribution in [2.45, 2.75) is 19.5 Å². The lowest BCUT2D eigenvalue weighted by atomic mass is 10.1. The molecule has 0 bridgehead atoms. The van der Waals surface area contributed by atoms with Gasteiger partial charge in [0.2, 0.25) is 0 Å². The number of nitrogens with one attached hydrogen (secondary N) is 1. The van der Waals surface area contributed by atoms with Crippen molar-refractivity contribution >= 4 is 31.9 Å². The Hall–Kier alpha value is -5.25. The van der Waals surface area contributed by atoms with Gasteiger partial charge >= 0.3 is 5.69 Å². The summed E-state index contributed by atoms with van der Waals surface area (Å²) in [4.78, 5) is 17.7. The van der Waals surface area contributed by atoms with Crippen molar-refractivity contribution < 1.29 is 22.1 Å².